The number of carbonyl (C=O) groups excluding carboxylic acids is 2. The van der Waals surface area contributed by atoms with Crippen LogP contribution in [0.4, 0.5) is 16.2 Å². The molecular formula is C31H42N4O6. The van der Waals surface area contributed by atoms with E-state index in [0.717, 1.165) is 19.0 Å². The molecule has 3 aliphatic rings. The first kappa shape index (κ1) is 29.0. The highest BCUT2D eigenvalue weighted by molar-refractivity contribution is 6.02. The lowest BCUT2D eigenvalue weighted by Crippen LogP contribution is -2.50. The van der Waals surface area contributed by atoms with Crippen molar-refractivity contribution in [3.05, 3.63) is 42.0 Å². The van der Waals surface area contributed by atoms with Crippen LogP contribution < -0.4 is 24.8 Å². The summed E-state index contributed by atoms with van der Waals surface area (Å²) in [5.41, 5.74) is 1.36. The van der Waals surface area contributed by atoms with Gasteiger partial charge in [-0.1, -0.05) is 26.2 Å². The lowest BCUT2D eigenvalue weighted by Gasteiger charge is -2.38. The SMILES string of the molecule is C[C@@H]1CN([C@@H](C)CO)C(=O)c2cc(NC(=O)Nc3ccc4c(c3)OCO4)ccc2O[C@@H]1CN(C)CC1CCCCC1. The van der Waals surface area contributed by atoms with Gasteiger partial charge in [-0.25, -0.2) is 4.79 Å². The predicted molar refractivity (Wildman–Crippen MR) is 157 cm³/mol. The molecule has 41 heavy (non-hydrogen) atoms. The minimum absolute atomic E-state index is 0.0557. The van der Waals surface area contributed by atoms with Crippen LogP contribution >= 0.6 is 0 Å². The summed E-state index contributed by atoms with van der Waals surface area (Å²) in [6, 6.07) is 9.47. The van der Waals surface area contributed by atoms with E-state index in [1.54, 1.807) is 41.3 Å². The topological polar surface area (TPSA) is 113 Å². The van der Waals surface area contributed by atoms with Gasteiger partial charge in [0, 0.05) is 43.0 Å². The second-order valence-electron chi connectivity index (χ2n) is 11.7. The zero-order valence-corrected chi connectivity index (χ0v) is 24.2. The van der Waals surface area contributed by atoms with Crippen LogP contribution in [0.15, 0.2) is 36.4 Å². The van der Waals surface area contributed by atoms with Crippen molar-refractivity contribution in [2.45, 2.75) is 58.1 Å². The van der Waals surface area contributed by atoms with E-state index in [1.165, 1.54) is 32.1 Å². The normalized spacial score (nSPS) is 21.5. The molecule has 3 amide bonds. The minimum Gasteiger partial charge on any atom is -0.488 e. The molecule has 1 aliphatic carbocycles. The molecule has 1 saturated carbocycles. The summed E-state index contributed by atoms with van der Waals surface area (Å²) < 4.78 is 17.2. The maximum absolute atomic E-state index is 13.7. The Kier molecular flexibility index (Phi) is 9.19. The second-order valence-corrected chi connectivity index (χ2v) is 11.7. The zero-order chi connectivity index (χ0) is 28.9. The minimum atomic E-state index is -0.459. The zero-order valence-electron chi connectivity index (χ0n) is 24.2. The number of amides is 3. The summed E-state index contributed by atoms with van der Waals surface area (Å²) in [7, 11) is 2.15. The van der Waals surface area contributed by atoms with E-state index in [0.29, 0.717) is 40.7 Å². The molecule has 0 radical (unpaired) electrons. The molecule has 3 atom stereocenters. The van der Waals surface area contributed by atoms with Crippen molar-refractivity contribution in [2.24, 2.45) is 11.8 Å². The number of nitrogens with one attached hydrogen (secondary N) is 2. The molecule has 0 unspecified atom stereocenters. The molecule has 0 saturated heterocycles. The van der Waals surface area contributed by atoms with Gasteiger partial charge in [0.15, 0.2) is 11.5 Å². The highest BCUT2D eigenvalue weighted by Gasteiger charge is 2.34. The molecule has 2 aromatic carbocycles. The third-order valence-corrected chi connectivity index (χ3v) is 8.34. The first-order chi connectivity index (χ1) is 19.8. The van der Waals surface area contributed by atoms with Crippen molar-refractivity contribution in [2.75, 3.05) is 50.7 Å². The fraction of sp³-hybridized carbons (Fsp3) is 0.548. The monoisotopic (exact) mass is 566 g/mol. The van der Waals surface area contributed by atoms with E-state index in [2.05, 4.69) is 29.5 Å². The number of hydrogen-bond donors (Lipinski definition) is 3. The number of fused-ring (bicyclic) bond motifs is 2. The summed E-state index contributed by atoms with van der Waals surface area (Å²) in [5.74, 6) is 2.22. The van der Waals surface area contributed by atoms with Crippen LogP contribution in [0.3, 0.4) is 0 Å². The van der Waals surface area contributed by atoms with Crippen LogP contribution in [-0.4, -0.2) is 79.1 Å². The molecular weight excluding hydrogens is 524 g/mol. The van der Waals surface area contributed by atoms with Gasteiger partial charge in [0.25, 0.3) is 5.91 Å². The van der Waals surface area contributed by atoms with Crippen molar-refractivity contribution < 1.29 is 28.9 Å². The number of carbonyl (C=O) groups is 2. The van der Waals surface area contributed by atoms with Gasteiger partial charge in [-0.05, 0) is 63.1 Å². The Hall–Kier alpha value is -3.50. The molecule has 0 spiro atoms. The molecule has 0 aromatic heterocycles. The maximum Gasteiger partial charge on any atom is 0.323 e. The summed E-state index contributed by atoms with van der Waals surface area (Å²) in [6.45, 7) is 6.20. The molecule has 10 nitrogen and oxygen atoms in total. The van der Waals surface area contributed by atoms with Gasteiger partial charge >= 0.3 is 6.03 Å². The van der Waals surface area contributed by atoms with E-state index in [4.69, 9.17) is 14.2 Å². The van der Waals surface area contributed by atoms with E-state index in [9.17, 15) is 14.7 Å². The van der Waals surface area contributed by atoms with Gasteiger partial charge in [-0.2, -0.15) is 0 Å². The Balaban J connectivity index is 1.32. The van der Waals surface area contributed by atoms with Crippen LogP contribution in [0, 0.1) is 11.8 Å². The van der Waals surface area contributed by atoms with Gasteiger partial charge in [0.1, 0.15) is 11.9 Å². The van der Waals surface area contributed by atoms with Crippen molar-refractivity contribution in [1.82, 2.24) is 9.80 Å². The van der Waals surface area contributed by atoms with Crippen LogP contribution in [0.1, 0.15) is 56.3 Å². The third-order valence-electron chi connectivity index (χ3n) is 8.34. The standard InChI is InChI=1S/C31H42N4O6/c1-20-15-35(21(2)18-36)30(37)25-13-23(32-31(38)33-24-10-12-27-28(14-24)40-19-39-27)9-11-26(25)41-29(20)17-34(3)16-22-7-5-4-6-8-22/h9-14,20-22,29,36H,4-8,15-19H2,1-3H3,(H2,32,33,38)/t20-,21+,29-/m1/s1. The number of benzene rings is 2. The Labute approximate surface area is 241 Å². The van der Waals surface area contributed by atoms with Crippen molar-refractivity contribution in [3.63, 3.8) is 0 Å². The number of anilines is 2. The largest absolute Gasteiger partial charge is 0.488 e. The fourth-order valence-electron chi connectivity index (χ4n) is 5.98. The lowest BCUT2D eigenvalue weighted by molar-refractivity contribution is 0.0330. The lowest BCUT2D eigenvalue weighted by atomic mass is 9.89. The molecule has 1 fully saturated rings. The molecule has 5 rings (SSSR count). The van der Waals surface area contributed by atoms with E-state index in [1.807, 2.05) is 6.92 Å². The van der Waals surface area contributed by atoms with Crippen LogP contribution in [-0.2, 0) is 0 Å². The molecule has 0 bridgehead atoms. The van der Waals surface area contributed by atoms with Gasteiger partial charge in [-0.3, -0.25) is 4.79 Å². The van der Waals surface area contributed by atoms with Gasteiger partial charge in [0.05, 0.1) is 18.2 Å². The molecule has 2 heterocycles. The molecule has 10 heteroatoms. The number of nitrogens with zero attached hydrogens (tertiary/aromatic N) is 2. The highest BCUT2D eigenvalue weighted by Crippen LogP contribution is 2.35. The Morgan fingerprint density at radius 1 is 1.02 bits per heavy atom. The van der Waals surface area contributed by atoms with Crippen molar-refractivity contribution in [1.29, 1.82) is 0 Å². The number of aliphatic hydroxyl groups excluding tert-OH is 1. The van der Waals surface area contributed by atoms with Crippen LogP contribution in [0.25, 0.3) is 0 Å². The summed E-state index contributed by atoms with van der Waals surface area (Å²) >= 11 is 0. The molecule has 3 N–H and O–H groups in total. The van der Waals surface area contributed by atoms with Crippen LogP contribution in [0.5, 0.6) is 17.2 Å². The van der Waals surface area contributed by atoms with E-state index in [-0.39, 0.29) is 37.4 Å². The Bertz CT molecular complexity index is 1230. The van der Waals surface area contributed by atoms with E-state index < -0.39 is 6.03 Å². The quantitative estimate of drug-likeness (QED) is 0.421. The number of aliphatic hydroxyl groups is 1. The second kappa shape index (κ2) is 13.0. The summed E-state index contributed by atoms with van der Waals surface area (Å²) in [6.07, 6.45) is 6.37. The smallest absolute Gasteiger partial charge is 0.323 e. The summed E-state index contributed by atoms with van der Waals surface area (Å²) in [5, 5.41) is 15.6. The average molecular weight is 567 g/mol. The predicted octanol–water partition coefficient (Wildman–Crippen LogP) is 4.79. The average Bonchev–Trinajstić information content (AvgIpc) is 3.43. The first-order valence-electron chi connectivity index (χ1n) is 14.7. The molecule has 2 aliphatic heterocycles. The third kappa shape index (κ3) is 7.05. The van der Waals surface area contributed by atoms with Gasteiger partial charge in [0.2, 0.25) is 6.79 Å². The van der Waals surface area contributed by atoms with Crippen molar-refractivity contribution in [3.8, 4) is 17.2 Å². The molecule has 222 valence electrons. The van der Waals surface area contributed by atoms with Gasteiger partial charge < -0.3 is 39.8 Å². The summed E-state index contributed by atoms with van der Waals surface area (Å²) in [4.78, 5) is 30.6. The van der Waals surface area contributed by atoms with Crippen LogP contribution in [0.2, 0.25) is 0 Å². The highest BCUT2D eigenvalue weighted by atomic mass is 16.7. The number of likely N-dealkylation sites (N-methyl/N-ethyl adjacent to an activating group) is 1. The number of ether oxygens (including phenoxy) is 3. The Morgan fingerprint density at radius 3 is 2.44 bits per heavy atom. The molecule has 2 aromatic rings. The van der Waals surface area contributed by atoms with Gasteiger partial charge in [-0.15, -0.1) is 0 Å². The van der Waals surface area contributed by atoms with E-state index >= 15 is 0 Å². The maximum atomic E-state index is 13.7. The number of urea groups is 1. The Morgan fingerprint density at radius 2 is 1.71 bits per heavy atom. The number of rotatable bonds is 8. The number of hydrogen-bond acceptors (Lipinski definition) is 7. The fourth-order valence-corrected chi connectivity index (χ4v) is 5.98. The first-order valence-corrected chi connectivity index (χ1v) is 14.7. The van der Waals surface area contributed by atoms with Crippen molar-refractivity contribution >= 4 is 23.3 Å².